The van der Waals surface area contributed by atoms with E-state index in [1.54, 1.807) is 12.1 Å². The van der Waals surface area contributed by atoms with Crippen LogP contribution in [0.1, 0.15) is 0 Å². The van der Waals surface area contributed by atoms with Gasteiger partial charge in [0, 0.05) is 11.8 Å². The number of phenols is 1. The second-order valence-electron chi connectivity index (χ2n) is 2.58. The van der Waals surface area contributed by atoms with Gasteiger partial charge in [-0.15, -0.1) is 0 Å². The maximum absolute atomic E-state index is 11.3. The van der Waals surface area contributed by atoms with Crippen molar-refractivity contribution in [1.29, 1.82) is 0 Å². The molecule has 0 heterocycles. The van der Waals surface area contributed by atoms with Gasteiger partial charge in [-0.1, -0.05) is 40.9 Å². The van der Waals surface area contributed by atoms with Gasteiger partial charge < -0.3 is 10.4 Å². The monoisotopic (exact) mass is 265 g/mol. The Hall–Kier alpha value is -0.900. The van der Waals surface area contributed by atoms with E-state index in [-0.39, 0.29) is 15.3 Å². The number of phenolic OH excluding ortho intramolecular Hbond substituents is 1. The van der Waals surface area contributed by atoms with Crippen LogP contribution in [0.3, 0.4) is 0 Å². The Morgan fingerprint density at radius 2 is 1.93 bits per heavy atom. The predicted molar refractivity (Wildman–Crippen MR) is 61.3 cm³/mol. The third kappa shape index (κ3) is 3.63. The van der Waals surface area contributed by atoms with E-state index in [4.69, 9.17) is 39.9 Å². The first kappa shape index (κ1) is 12.2. The van der Waals surface area contributed by atoms with E-state index in [2.05, 4.69) is 5.32 Å². The average Bonchev–Trinajstić information content (AvgIpc) is 2.16. The van der Waals surface area contributed by atoms with Crippen LogP contribution in [0.15, 0.2) is 33.8 Å². The van der Waals surface area contributed by atoms with Crippen molar-refractivity contribution in [2.45, 2.75) is 0 Å². The van der Waals surface area contributed by atoms with Crippen molar-refractivity contribution in [3.63, 3.8) is 0 Å². The molecule has 0 aliphatic rings. The highest BCUT2D eigenvalue weighted by Crippen LogP contribution is 2.21. The van der Waals surface area contributed by atoms with E-state index >= 15 is 0 Å². The van der Waals surface area contributed by atoms with E-state index in [0.29, 0.717) is 5.69 Å². The smallest absolute Gasteiger partial charge is 0.269 e. The van der Waals surface area contributed by atoms with Crippen LogP contribution < -0.4 is 5.32 Å². The number of carbonyl (C=O) groups is 1. The maximum atomic E-state index is 11.3. The topological polar surface area (TPSA) is 49.3 Å². The molecule has 0 bridgehead atoms. The molecule has 0 aromatic heterocycles. The van der Waals surface area contributed by atoms with Gasteiger partial charge >= 0.3 is 0 Å². The Kier molecular flexibility index (Phi) is 4.27. The molecule has 0 spiro atoms. The molecule has 3 nitrogen and oxygen atoms in total. The van der Waals surface area contributed by atoms with Crippen molar-refractivity contribution in [3.8, 4) is 5.75 Å². The standard InChI is InChI=1S/C9H6Cl3NO2/c10-7(8(11)12)9(15)13-5-2-1-3-6(14)4-5/h1-4,14H,(H,13,15). The number of rotatable bonds is 2. The zero-order valence-electron chi connectivity index (χ0n) is 7.30. The molecule has 15 heavy (non-hydrogen) atoms. The summed E-state index contributed by atoms with van der Waals surface area (Å²) < 4.78 is -0.311. The number of anilines is 1. The molecule has 1 rings (SSSR count). The summed E-state index contributed by atoms with van der Waals surface area (Å²) in [5, 5.41) is 11.2. The van der Waals surface area contributed by atoms with E-state index in [1.165, 1.54) is 12.1 Å². The summed E-state index contributed by atoms with van der Waals surface area (Å²) in [6, 6.07) is 6.00. The minimum atomic E-state index is -0.637. The number of benzene rings is 1. The first-order valence-corrected chi connectivity index (χ1v) is 4.95. The van der Waals surface area contributed by atoms with Gasteiger partial charge in [0.25, 0.3) is 5.91 Å². The van der Waals surface area contributed by atoms with E-state index in [1.807, 2.05) is 0 Å². The van der Waals surface area contributed by atoms with Crippen molar-refractivity contribution in [2.24, 2.45) is 0 Å². The molecule has 0 aliphatic carbocycles. The first-order chi connectivity index (χ1) is 7.00. The maximum Gasteiger partial charge on any atom is 0.269 e. The lowest BCUT2D eigenvalue weighted by Crippen LogP contribution is -2.11. The zero-order chi connectivity index (χ0) is 11.4. The number of halogens is 3. The third-order valence-electron chi connectivity index (χ3n) is 1.47. The Balaban J connectivity index is 2.80. The summed E-state index contributed by atoms with van der Waals surface area (Å²) in [5.74, 6) is -0.605. The molecule has 1 amide bonds. The van der Waals surface area contributed by atoms with Crippen molar-refractivity contribution in [1.82, 2.24) is 0 Å². The van der Waals surface area contributed by atoms with Crippen LogP contribution in [0, 0.1) is 0 Å². The Bertz CT molecular complexity index is 414. The molecule has 1 aromatic rings. The van der Waals surface area contributed by atoms with E-state index in [0.717, 1.165) is 0 Å². The second-order valence-corrected chi connectivity index (χ2v) is 3.91. The summed E-state index contributed by atoms with van der Waals surface area (Å²) in [4.78, 5) is 11.3. The van der Waals surface area contributed by atoms with Crippen LogP contribution >= 0.6 is 34.8 Å². The molecular weight excluding hydrogens is 260 g/mol. The van der Waals surface area contributed by atoms with Gasteiger partial charge in [0.2, 0.25) is 0 Å². The SMILES string of the molecule is O=C(Nc1cccc(O)c1)C(Cl)=C(Cl)Cl. The van der Waals surface area contributed by atoms with Crippen molar-refractivity contribution in [2.75, 3.05) is 5.32 Å². The highest BCUT2D eigenvalue weighted by Gasteiger charge is 2.10. The van der Waals surface area contributed by atoms with Crippen LogP contribution in [0.4, 0.5) is 5.69 Å². The number of hydrogen-bond acceptors (Lipinski definition) is 2. The summed E-state index contributed by atoms with van der Waals surface area (Å²) >= 11 is 16.1. The fourth-order valence-corrected chi connectivity index (χ4v) is 1.07. The molecule has 1 aromatic carbocycles. The largest absolute Gasteiger partial charge is 0.508 e. The summed E-state index contributed by atoms with van der Waals surface area (Å²) in [6.07, 6.45) is 0. The Morgan fingerprint density at radius 3 is 2.47 bits per heavy atom. The van der Waals surface area contributed by atoms with Gasteiger partial charge in [0.1, 0.15) is 15.3 Å². The minimum absolute atomic E-state index is 0.0323. The van der Waals surface area contributed by atoms with Crippen LogP contribution in [-0.2, 0) is 4.79 Å². The van der Waals surface area contributed by atoms with Crippen LogP contribution in [0.2, 0.25) is 0 Å². The summed E-state index contributed by atoms with van der Waals surface area (Å²) in [7, 11) is 0. The second kappa shape index (κ2) is 5.26. The number of amides is 1. The van der Waals surface area contributed by atoms with Crippen LogP contribution in [0.5, 0.6) is 5.75 Å². The number of aromatic hydroxyl groups is 1. The minimum Gasteiger partial charge on any atom is -0.508 e. The third-order valence-corrected chi connectivity index (χ3v) is 2.40. The van der Waals surface area contributed by atoms with Crippen LogP contribution in [0.25, 0.3) is 0 Å². The van der Waals surface area contributed by atoms with Crippen molar-refractivity contribution in [3.05, 3.63) is 33.8 Å². The lowest BCUT2D eigenvalue weighted by molar-refractivity contribution is -0.112. The van der Waals surface area contributed by atoms with E-state index in [9.17, 15) is 4.79 Å². The number of hydrogen-bond donors (Lipinski definition) is 2. The molecule has 2 N–H and O–H groups in total. The molecule has 0 saturated heterocycles. The van der Waals surface area contributed by atoms with Gasteiger partial charge in [-0.05, 0) is 12.1 Å². The number of nitrogens with one attached hydrogen (secondary N) is 1. The van der Waals surface area contributed by atoms with Gasteiger partial charge in [-0.3, -0.25) is 4.79 Å². The summed E-state index contributed by atoms with van der Waals surface area (Å²) in [6.45, 7) is 0. The Labute approximate surface area is 101 Å². The molecule has 6 heteroatoms. The average molecular weight is 267 g/mol. The highest BCUT2D eigenvalue weighted by atomic mass is 35.5. The molecule has 0 saturated carbocycles. The molecular formula is C9H6Cl3NO2. The fraction of sp³-hybridized carbons (Fsp3) is 0. The van der Waals surface area contributed by atoms with Gasteiger partial charge in [0.05, 0.1) is 0 Å². The lowest BCUT2D eigenvalue weighted by Gasteiger charge is -2.04. The molecule has 0 radical (unpaired) electrons. The lowest BCUT2D eigenvalue weighted by atomic mass is 10.3. The number of carbonyl (C=O) groups excluding carboxylic acids is 1. The fourth-order valence-electron chi connectivity index (χ4n) is 0.855. The normalized spacial score (nSPS) is 9.53. The molecule has 0 aliphatic heterocycles. The van der Waals surface area contributed by atoms with Crippen molar-refractivity contribution < 1.29 is 9.90 Å². The van der Waals surface area contributed by atoms with Gasteiger partial charge in [-0.25, -0.2) is 0 Å². The summed E-state index contributed by atoms with van der Waals surface area (Å²) in [5.41, 5.74) is 0.396. The van der Waals surface area contributed by atoms with Crippen LogP contribution in [-0.4, -0.2) is 11.0 Å². The first-order valence-electron chi connectivity index (χ1n) is 3.82. The Morgan fingerprint density at radius 1 is 1.27 bits per heavy atom. The molecule has 0 unspecified atom stereocenters. The zero-order valence-corrected chi connectivity index (χ0v) is 9.57. The molecule has 0 atom stereocenters. The van der Waals surface area contributed by atoms with Gasteiger partial charge in [0.15, 0.2) is 0 Å². The molecule has 0 fully saturated rings. The van der Waals surface area contributed by atoms with Crippen molar-refractivity contribution >= 4 is 46.4 Å². The van der Waals surface area contributed by atoms with E-state index < -0.39 is 5.91 Å². The molecule has 80 valence electrons. The highest BCUT2D eigenvalue weighted by molar-refractivity contribution is 6.63. The predicted octanol–water partition coefficient (Wildman–Crippen LogP) is 3.22. The quantitative estimate of drug-likeness (QED) is 0.808. The van der Waals surface area contributed by atoms with Gasteiger partial charge in [-0.2, -0.15) is 0 Å².